The molecule has 3 aromatic rings. The van der Waals surface area contributed by atoms with Gasteiger partial charge in [-0.25, -0.2) is 9.59 Å². The van der Waals surface area contributed by atoms with Crippen LogP contribution in [-0.2, 0) is 9.53 Å². The number of amides is 2. The molecular formula is C30H34N2O5. The van der Waals surface area contributed by atoms with Crippen molar-refractivity contribution >= 4 is 18.0 Å². The minimum absolute atomic E-state index is 0.0793. The number of benzene rings is 3. The van der Waals surface area contributed by atoms with Gasteiger partial charge < -0.3 is 20.5 Å². The van der Waals surface area contributed by atoms with Gasteiger partial charge in [0.05, 0.1) is 0 Å². The zero-order valence-electron chi connectivity index (χ0n) is 21.4. The number of carboxylic acid groups (broad SMARTS) is 1. The maximum atomic E-state index is 13.0. The van der Waals surface area contributed by atoms with Crippen molar-refractivity contribution in [3.63, 3.8) is 0 Å². The Labute approximate surface area is 217 Å². The number of carboxylic acids is 1. The quantitative estimate of drug-likeness (QED) is 0.256. The lowest BCUT2D eigenvalue weighted by Crippen LogP contribution is -2.41. The van der Waals surface area contributed by atoms with Crippen LogP contribution in [0.15, 0.2) is 84.9 Å². The summed E-state index contributed by atoms with van der Waals surface area (Å²) in [4.78, 5) is 36.6. The smallest absolute Gasteiger partial charge is 0.407 e. The number of carbonyl (C=O) groups is 3. The minimum Gasteiger partial charge on any atom is -0.480 e. The molecule has 0 aliphatic carbocycles. The topological polar surface area (TPSA) is 105 Å². The predicted molar refractivity (Wildman–Crippen MR) is 143 cm³/mol. The van der Waals surface area contributed by atoms with Crippen LogP contribution in [0.3, 0.4) is 0 Å². The molecule has 0 saturated carbocycles. The third-order valence-electron chi connectivity index (χ3n) is 5.69. The van der Waals surface area contributed by atoms with Gasteiger partial charge in [-0.05, 0) is 62.4 Å². The first kappa shape index (κ1) is 27.5. The molecule has 2 amide bonds. The van der Waals surface area contributed by atoms with Crippen molar-refractivity contribution < 1.29 is 24.2 Å². The van der Waals surface area contributed by atoms with Gasteiger partial charge in [-0.2, -0.15) is 0 Å². The Morgan fingerprint density at radius 1 is 0.838 bits per heavy atom. The third-order valence-corrected chi connectivity index (χ3v) is 5.69. The second-order valence-corrected chi connectivity index (χ2v) is 9.82. The van der Waals surface area contributed by atoms with Crippen LogP contribution in [0, 0.1) is 0 Å². The lowest BCUT2D eigenvalue weighted by molar-refractivity contribution is -0.139. The summed E-state index contributed by atoms with van der Waals surface area (Å²) in [5.74, 6) is -1.67. The van der Waals surface area contributed by atoms with Gasteiger partial charge in [0, 0.05) is 18.0 Å². The summed E-state index contributed by atoms with van der Waals surface area (Å²) < 4.78 is 5.17. The zero-order chi connectivity index (χ0) is 26.8. The number of rotatable bonds is 10. The van der Waals surface area contributed by atoms with Gasteiger partial charge in [-0.3, -0.25) is 4.79 Å². The molecule has 194 valence electrons. The molecule has 3 N–H and O–H groups in total. The van der Waals surface area contributed by atoms with Crippen LogP contribution in [0.4, 0.5) is 4.79 Å². The van der Waals surface area contributed by atoms with Crippen LogP contribution in [0.25, 0.3) is 0 Å². The number of carbonyl (C=O) groups excluding carboxylic acids is 2. The molecule has 7 nitrogen and oxygen atoms in total. The molecule has 37 heavy (non-hydrogen) atoms. The molecule has 0 heterocycles. The van der Waals surface area contributed by atoms with Crippen molar-refractivity contribution in [2.75, 3.05) is 6.54 Å². The van der Waals surface area contributed by atoms with Crippen molar-refractivity contribution in [2.45, 2.75) is 51.2 Å². The first-order valence-electron chi connectivity index (χ1n) is 12.3. The molecule has 0 radical (unpaired) electrons. The van der Waals surface area contributed by atoms with E-state index in [1.807, 2.05) is 54.6 Å². The van der Waals surface area contributed by atoms with Gasteiger partial charge in [0.1, 0.15) is 11.6 Å². The van der Waals surface area contributed by atoms with Crippen LogP contribution in [-0.4, -0.2) is 41.3 Å². The molecule has 3 aromatic carbocycles. The van der Waals surface area contributed by atoms with E-state index in [9.17, 15) is 19.5 Å². The van der Waals surface area contributed by atoms with Gasteiger partial charge in [-0.1, -0.05) is 72.8 Å². The number of hydrogen-bond acceptors (Lipinski definition) is 4. The second kappa shape index (κ2) is 12.7. The van der Waals surface area contributed by atoms with Crippen molar-refractivity contribution in [1.29, 1.82) is 0 Å². The van der Waals surface area contributed by atoms with Crippen molar-refractivity contribution in [3.05, 3.63) is 107 Å². The highest BCUT2D eigenvalue weighted by molar-refractivity contribution is 5.96. The Balaban J connectivity index is 1.70. The molecule has 0 aromatic heterocycles. The average Bonchev–Trinajstić information content (AvgIpc) is 2.86. The van der Waals surface area contributed by atoms with Gasteiger partial charge in [0.15, 0.2) is 0 Å². The molecule has 1 atom stereocenters. The van der Waals surface area contributed by atoms with E-state index < -0.39 is 29.6 Å². The average molecular weight is 503 g/mol. The fraction of sp³-hybridized carbons (Fsp3) is 0.300. The standard InChI is InChI=1S/C30H34N2O5/c1-30(2,3)37-29(36)31-19-11-18-25(28(34)35)32-27(33)24-17-10-16-23(20-24)26(21-12-6-4-7-13-21)22-14-8-5-9-15-22/h4-10,12-17,20,25-26H,11,18-19H2,1-3H3,(H,31,36)(H,32,33)(H,34,35)/t25-/m0/s1. The number of ether oxygens (including phenoxy) is 1. The Morgan fingerprint density at radius 2 is 1.41 bits per heavy atom. The van der Waals surface area contributed by atoms with E-state index in [1.54, 1.807) is 26.8 Å². The largest absolute Gasteiger partial charge is 0.480 e. The molecule has 0 aliphatic heterocycles. The fourth-order valence-electron chi connectivity index (χ4n) is 4.04. The van der Waals surface area contributed by atoms with Gasteiger partial charge in [-0.15, -0.1) is 0 Å². The third kappa shape index (κ3) is 8.49. The number of aliphatic carboxylic acids is 1. The maximum absolute atomic E-state index is 13.0. The monoisotopic (exact) mass is 502 g/mol. The second-order valence-electron chi connectivity index (χ2n) is 9.82. The summed E-state index contributed by atoms with van der Waals surface area (Å²) in [6, 6.07) is 26.2. The van der Waals surface area contributed by atoms with Crippen molar-refractivity contribution in [1.82, 2.24) is 10.6 Å². The number of alkyl carbamates (subject to hydrolysis) is 1. The molecule has 7 heteroatoms. The number of hydrogen-bond donors (Lipinski definition) is 3. The van der Waals surface area contributed by atoms with E-state index in [1.165, 1.54) is 0 Å². The highest BCUT2D eigenvalue weighted by Gasteiger charge is 2.23. The minimum atomic E-state index is -1.13. The summed E-state index contributed by atoms with van der Waals surface area (Å²) in [5.41, 5.74) is 2.88. The van der Waals surface area contributed by atoms with E-state index in [4.69, 9.17) is 4.74 Å². The Kier molecular flexibility index (Phi) is 9.44. The Morgan fingerprint density at radius 3 is 1.95 bits per heavy atom. The summed E-state index contributed by atoms with van der Waals surface area (Å²) in [6.07, 6.45) is -0.0417. The van der Waals surface area contributed by atoms with Gasteiger partial charge in [0.25, 0.3) is 5.91 Å². The predicted octanol–water partition coefficient (Wildman–Crippen LogP) is 5.35. The molecule has 0 spiro atoms. The van der Waals surface area contributed by atoms with Crippen LogP contribution in [0.5, 0.6) is 0 Å². The molecule has 0 bridgehead atoms. The Hall–Kier alpha value is -4.13. The van der Waals surface area contributed by atoms with Gasteiger partial charge >= 0.3 is 12.1 Å². The van der Waals surface area contributed by atoms with Gasteiger partial charge in [0.2, 0.25) is 0 Å². The Bertz CT molecular complexity index is 1150. The molecule has 0 fully saturated rings. The fourth-order valence-corrected chi connectivity index (χ4v) is 4.04. The van der Waals surface area contributed by atoms with Crippen LogP contribution < -0.4 is 10.6 Å². The lowest BCUT2D eigenvalue weighted by atomic mass is 9.84. The normalized spacial score (nSPS) is 12.0. The molecule has 0 unspecified atom stereocenters. The van der Waals surface area contributed by atoms with E-state index in [0.29, 0.717) is 12.0 Å². The maximum Gasteiger partial charge on any atom is 0.407 e. The summed E-state index contributed by atoms with van der Waals surface area (Å²) in [5, 5.41) is 14.9. The summed E-state index contributed by atoms with van der Waals surface area (Å²) in [6.45, 7) is 5.53. The zero-order valence-corrected chi connectivity index (χ0v) is 21.4. The first-order valence-corrected chi connectivity index (χ1v) is 12.3. The molecule has 0 saturated heterocycles. The van der Waals surface area contributed by atoms with Crippen molar-refractivity contribution in [2.24, 2.45) is 0 Å². The summed E-state index contributed by atoms with van der Waals surface area (Å²) >= 11 is 0. The SMILES string of the molecule is CC(C)(C)OC(=O)NCCC[C@H](NC(=O)c1cccc(C(c2ccccc2)c2ccccc2)c1)C(=O)O. The lowest BCUT2D eigenvalue weighted by Gasteiger charge is -2.20. The first-order chi connectivity index (χ1) is 17.6. The van der Waals surface area contributed by atoms with Crippen LogP contribution in [0.1, 0.15) is 66.6 Å². The highest BCUT2D eigenvalue weighted by atomic mass is 16.6. The van der Waals surface area contributed by atoms with E-state index in [2.05, 4.69) is 34.9 Å². The van der Waals surface area contributed by atoms with E-state index >= 15 is 0 Å². The van der Waals surface area contributed by atoms with Crippen LogP contribution in [0.2, 0.25) is 0 Å². The summed E-state index contributed by atoms with van der Waals surface area (Å²) in [7, 11) is 0. The number of nitrogens with one attached hydrogen (secondary N) is 2. The molecule has 3 rings (SSSR count). The van der Waals surface area contributed by atoms with E-state index in [-0.39, 0.29) is 18.9 Å². The van der Waals surface area contributed by atoms with Crippen molar-refractivity contribution in [3.8, 4) is 0 Å². The molecule has 0 aliphatic rings. The van der Waals surface area contributed by atoms with Crippen LogP contribution >= 0.6 is 0 Å². The highest BCUT2D eigenvalue weighted by Crippen LogP contribution is 2.32. The van der Waals surface area contributed by atoms with E-state index in [0.717, 1.165) is 16.7 Å². The molecular weight excluding hydrogens is 468 g/mol.